The maximum absolute atomic E-state index is 11.3. The number of fused-ring (bicyclic) bond motifs is 1. The van der Waals surface area contributed by atoms with Crippen LogP contribution in [0.5, 0.6) is 0 Å². The third-order valence-corrected chi connectivity index (χ3v) is 2.33. The van der Waals surface area contributed by atoms with E-state index >= 15 is 0 Å². The van der Waals surface area contributed by atoms with Crippen molar-refractivity contribution in [3.05, 3.63) is 35.8 Å². The molecule has 0 radical (unpaired) electrons. The van der Waals surface area contributed by atoms with Gasteiger partial charge in [0.15, 0.2) is 5.69 Å². The molecule has 0 saturated heterocycles. The summed E-state index contributed by atoms with van der Waals surface area (Å²) in [5, 5.41) is 0. The van der Waals surface area contributed by atoms with Gasteiger partial charge in [0.1, 0.15) is 5.65 Å². The lowest BCUT2D eigenvalue weighted by molar-refractivity contribution is 0.0994. The largest absolute Gasteiger partial charge is 0.364 e. The molecule has 2 heterocycles. The Kier molecular flexibility index (Phi) is 2.62. The molecule has 0 atom stereocenters. The van der Waals surface area contributed by atoms with Gasteiger partial charge >= 0.3 is 0 Å². The average Bonchev–Trinajstić information content (AvgIpc) is 2.57. The van der Waals surface area contributed by atoms with Gasteiger partial charge in [0.05, 0.1) is 5.69 Å². The lowest BCUT2D eigenvalue weighted by atomic mass is 10.3. The molecule has 84 valence electrons. The first kappa shape index (κ1) is 10.6. The van der Waals surface area contributed by atoms with Crippen molar-refractivity contribution in [2.75, 3.05) is 14.1 Å². The van der Waals surface area contributed by atoms with Crippen LogP contribution in [0, 0.1) is 0 Å². The molecule has 0 saturated carbocycles. The summed E-state index contributed by atoms with van der Waals surface area (Å²) < 4.78 is 1.89. The maximum atomic E-state index is 11.3. The Morgan fingerprint density at radius 1 is 1.50 bits per heavy atom. The fourth-order valence-corrected chi connectivity index (χ4v) is 1.69. The Morgan fingerprint density at radius 3 is 2.88 bits per heavy atom. The first-order chi connectivity index (χ1) is 7.59. The predicted octanol–water partition coefficient (Wildman–Crippen LogP) is 0.495. The quantitative estimate of drug-likeness (QED) is 0.815. The first-order valence-corrected chi connectivity index (χ1v) is 5.00. The minimum absolute atomic E-state index is 0.347. The minimum Gasteiger partial charge on any atom is -0.364 e. The van der Waals surface area contributed by atoms with Gasteiger partial charge in [-0.1, -0.05) is 6.07 Å². The van der Waals surface area contributed by atoms with E-state index in [0.717, 1.165) is 11.3 Å². The molecule has 2 aromatic rings. The number of hydrogen-bond donors (Lipinski definition) is 1. The summed E-state index contributed by atoms with van der Waals surface area (Å²) in [6.07, 6.45) is 1.88. The van der Waals surface area contributed by atoms with Crippen molar-refractivity contribution in [3.8, 4) is 0 Å². The SMILES string of the molecule is CN(C)Cc1c(C(N)=O)nc2ccccn12. The fourth-order valence-electron chi connectivity index (χ4n) is 1.69. The monoisotopic (exact) mass is 218 g/mol. The number of aromatic nitrogens is 2. The molecule has 5 heteroatoms. The van der Waals surface area contributed by atoms with Crippen molar-refractivity contribution < 1.29 is 4.79 Å². The summed E-state index contributed by atoms with van der Waals surface area (Å²) in [6.45, 7) is 0.628. The lowest BCUT2D eigenvalue weighted by Gasteiger charge is -2.09. The standard InChI is InChI=1S/C11H14N4O/c1-14(2)7-8-10(11(12)16)13-9-5-3-4-6-15(8)9/h3-6H,7H2,1-2H3,(H2,12,16). The summed E-state index contributed by atoms with van der Waals surface area (Å²) in [5.41, 5.74) is 7.24. The van der Waals surface area contributed by atoms with Crippen molar-refractivity contribution in [2.24, 2.45) is 5.73 Å². The van der Waals surface area contributed by atoms with E-state index in [1.165, 1.54) is 0 Å². The molecule has 5 nitrogen and oxygen atoms in total. The molecular formula is C11H14N4O. The lowest BCUT2D eigenvalue weighted by Crippen LogP contribution is -2.19. The van der Waals surface area contributed by atoms with Crippen molar-refractivity contribution in [2.45, 2.75) is 6.54 Å². The highest BCUT2D eigenvalue weighted by Gasteiger charge is 2.16. The summed E-state index contributed by atoms with van der Waals surface area (Å²) in [5.74, 6) is -0.486. The number of amides is 1. The zero-order valence-electron chi connectivity index (χ0n) is 9.34. The van der Waals surface area contributed by atoms with Gasteiger partial charge < -0.3 is 15.0 Å². The van der Waals surface area contributed by atoms with Crippen LogP contribution in [0.3, 0.4) is 0 Å². The Balaban J connectivity index is 2.64. The van der Waals surface area contributed by atoms with Gasteiger partial charge in [0.2, 0.25) is 0 Å². The van der Waals surface area contributed by atoms with Crippen LogP contribution >= 0.6 is 0 Å². The molecule has 0 unspecified atom stereocenters. The van der Waals surface area contributed by atoms with Gasteiger partial charge in [-0.25, -0.2) is 4.98 Å². The van der Waals surface area contributed by atoms with E-state index in [2.05, 4.69) is 4.98 Å². The minimum atomic E-state index is -0.486. The van der Waals surface area contributed by atoms with Crippen molar-refractivity contribution >= 4 is 11.6 Å². The number of carbonyl (C=O) groups is 1. The number of hydrogen-bond acceptors (Lipinski definition) is 3. The maximum Gasteiger partial charge on any atom is 0.269 e. The summed E-state index contributed by atoms with van der Waals surface area (Å²) in [7, 11) is 3.88. The van der Waals surface area contributed by atoms with Crippen molar-refractivity contribution in [1.29, 1.82) is 0 Å². The van der Waals surface area contributed by atoms with Crippen LogP contribution in [0.15, 0.2) is 24.4 Å². The van der Waals surface area contributed by atoms with Crippen LogP contribution in [0.4, 0.5) is 0 Å². The molecule has 1 amide bonds. The average molecular weight is 218 g/mol. The van der Waals surface area contributed by atoms with Gasteiger partial charge in [-0.05, 0) is 26.2 Å². The van der Waals surface area contributed by atoms with E-state index in [4.69, 9.17) is 5.73 Å². The Morgan fingerprint density at radius 2 is 2.25 bits per heavy atom. The molecule has 0 fully saturated rings. The fraction of sp³-hybridized carbons (Fsp3) is 0.273. The number of primary amides is 1. The van der Waals surface area contributed by atoms with Gasteiger partial charge in [-0.3, -0.25) is 4.79 Å². The topological polar surface area (TPSA) is 63.6 Å². The number of nitrogens with two attached hydrogens (primary N) is 1. The molecule has 0 aliphatic heterocycles. The normalized spacial score (nSPS) is 11.2. The van der Waals surface area contributed by atoms with Crippen molar-refractivity contribution in [1.82, 2.24) is 14.3 Å². The highest BCUT2D eigenvalue weighted by Crippen LogP contribution is 2.13. The smallest absolute Gasteiger partial charge is 0.269 e. The molecule has 2 N–H and O–H groups in total. The van der Waals surface area contributed by atoms with E-state index < -0.39 is 5.91 Å². The first-order valence-electron chi connectivity index (χ1n) is 5.00. The van der Waals surface area contributed by atoms with Crippen LogP contribution in [-0.2, 0) is 6.54 Å². The van der Waals surface area contributed by atoms with Gasteiger partial charge in [-0.2, -0.15) is 0 Å². The third-order valence-electron chi connectivity index (χ3n) is 2.33. The second-order valence-electron chi connectivity index (χ2n) is 3.94. The number of pyridine rings is 1. The molecule has 0 aliphatic carbocycles. The number of imidazole rings is 1. The summed E-state index contributed by atoms with van der Waals surface area (Å²) >= 11 is 0. The predicted molar refractivity (Wildman–Crippen MR) is 61.1 cm³/mol. The van der Waals surface area contributed by atoms with Crippen LogP contribution in [0.1, 0.15) is 16.2 Å². The molecule has 16 heavy (non-hydrogen) atoms. The summed E-state index contributed by atoms with van der Waals surface area (Å²) in [6, 6.07) is 5.64. The number of rotatable bonds is 3. The van der Waals surface area contributed by atoms with Gasteiger partial charge in [0, 0.05) is 12.7 Å². The highest BCUT2D eigenvalue weighted by atomic mass is 16.1. The molecule has 2 aromatic heterocycles. The van der Waals surface area contributed by atoms with E-state index in [-0.39, 0.29) is 0 Å². The van der Waals surface area contributed by atoms with E-state index in [1.54, 1.807) is 0 Å². The van der Waals surface area contributed by atoms with Gasteiger partial charge in [0.25, 0.3) is 5.91 Å². The van der Waals surface area contributed by atoms with E-state index in [9.17, 15) is 4.79 Å². The molecule has 0 aromatic carbocycles. The number of nitrogens with zero attached hydrogens (tertiary/aromatic N) is 3. The zero-order valence-corrected chi connectivity index (χ0v) is 9.34. The number of carbonyl (C=O) groups excluding carboxylic acids is 1. The van der Waals surface area contributed by atoms with Crippen LogP contribution in [0.2, 0.25) is 0 Å². The third kappa shape index (κ3) is 1.77. The Bertz CT molecular complexity index is 530. The molecule has 0 aliphatic rings. The van der Waals surface area contributed by atoms with Crippen LogP contribution < -0.4 is 5.73 Å². The van der Waals surface area contributed by atoms with E-state index in [0.29, 0.717) is 12.2 Å². The second-order valence-corrected chi connectivity index (χ2v) is 3.94. The second kappa shape index (κ2) is 3.94. The van der Waals surface area contributed by atoms with Crippen LogP contribution in [-0.4, -0.2) is 34.3 Å². The molecular weight excluding hydrogens is 204 g/mol. The summed E-state index contributed by atoms with van der Waals surface area (Å²) in [4.78, 5) is 17.5. The zero-order chi connectivity index (χ0) is 11.7. The Hall–Kier alpha value is -1.88. The Labute approximate surface area is 93.5 Å². The van der Waals surface area contributed by atoms with Gasteiger partial charge in [-0.15, -0.1) is 0 Å². The molecule has 0 spiro atoms. The highest BCUT2D eigenvalue weighted by molar-refractivity contribution is 5.92. The van der Waals surface area contributed by atoms with Crippen molar-refractivity contribution in [3.63, 3.8) is 0 Å². The van der Waals surface area contributed by atoms with E-state index in [1.807, 2.05) is 47.8 Å². The molecule has 0 bridgehead atoms. The van der Waals surface area contributed by atoms with Crippen LogP contribution in [0.25, 0.3) is 5.65 Å². The molecule has 2 rings (SSSR count).